The first-order chi connectivity index (χ1) is 18.5. The molecule has 8 heteroatoms. The zero-order chi connectivity index (χ0) is 27.1. The molecule has 2 nitrogen and oxygen atoms in total. The SMILES string of the molecule is CCCCC(CC)CSC1=NC(c2ccc(Br)s2)=C2C(SCC(CC)CCCC)=NC(c3ccc(Br)s3)=C12. The van der Waals surface area contributed by atoms with E-state index in [0.29, 0.717) is 0 Å². The van der Waals surface area contributed by atoms with Gasteiger partial charge < -0.3 is 0 Å². The van der Waals surface area contributed by atoms with E-state index < -0.39 is 0 Å². The highest BCUT2D eigenvalue weighted by molar-refractivity contribution is 9.11. The van der Waals surface area contributed by atoms with Crippen LogP contribution in [-0.4, -0.2) is 21.6 Å². The Balaban J connectivity index is 1.71. The Morgan fingerprint density at radius 2 is 1.11 bits per heavy atom. The molecule has 0 aliphatic carbocycles. The third kappa shape index (κ3) is 7.58. The van der Waals surface area contributed by atoms with Gasteiger partial charge >= 0.3 is 0 Å². The summed E-state index contributed by atoms with van der Waals surface area (Å²) in [6.45, 7) is 9.25. The van der Waals surface area contributed by atoms with E-state index in [-0.39, 0.29) is 0 Å². The van der Waals surface area contributed by atoms with Crippen LogP contribution in [0.1, 0.15) is 88.8 Å². The number of thiophene rings is 2. The summed E-state index contributed by atoms with van der Waals surface area (Å²) in [5.41, 5.74) is 4.74. The lowest BCUT2D eigenvalue weighted by Gasteiger charge is -2.15. The van der Waals surface area contributed by atoms with E-state index in [1.807, 2.05) is 23.5 Å². The second kappa shape index (κ2) is 15.2. The molecule has 2 aromatic rings. The Hall–Kier alpha value is -0.120. The molecule has 2 aromatic heterocycles. The molecule has 0 saturated carbocycles. The molecule has 38 heavy (non-hydrogen) atoms. The van der Waals surface area contributed by atoms with Gasteiger partial charge in [0.2, 0.25) is 0 Å². The second-order valence-corrected chi connectivity index (χ2v) is 16.9. The highest BCUT2D eigenvalue weighted by atomic mass is 79.9. The third-order valence-electron chi connectivity index (χ3n) is 7.19. The molecule has 2 aliphatic rings. The molecule has 0 saturated heterocycles. The second-order valence-electron chi connectivity index (χ2n) is 9.94. The normalized spacial score (nSPS) is 16.8. The molecule has 2 atom stereocenters. The Morgan fingerprint density at radius 3 is 1.42 bits per heavy atom. The van der Waals surface area contributed by atoms with Crippen molar-refractivity contribution in [2.45, 2.75) is 79.1 Å². The number of hydrogen-bond donors (Lipinski definition) is 0. The number of fused-ring (bicyclic) bond motifs is 1. The average Bonchev–Trinajstić information content (AvgIpc) is 3.70. The van der Waals surface area contributed by atoms with Crippen LogP contribution < -0.4 is 0 Å². The summed E-state index contributed by atoms with van der Waals surface area (Å²) in [4.78, 5) is 13.2. The summed E-state index contributed by atoms with van der Waals surface area (Å²) in [6.07, 6.45) is 10.2. The predicted octanol–water partition coefficient (Wildman–Crippen LogP) is 12.2. The molecule has 0 radical (unpaired) electrons. The van der Waals surface area contributed by atoms with Gasteiger partial charge in [0.05, 0.1) is 28.7 Å². The fourth-order valence-corrected chi connectivity index (χ4v) is 10.1. The number of hydrogen-bond acceptors (Lipinski definition) is 6. The van der Waals surface area contributed by atoms with Gasteiger partial charge in [-0.25, -0.2) is 9.98 Å². The van der Waals surface area contributed by atoms with Crippen molar-refractivity contribution < 1.29 is 0 Å². The zero-order valence-corrected chi connectivity index (χ0v) is 29.3. The van der Waals surface area contributed by atoms with Gasteiger partial charge in [-0.05, 0) is 80.8 Å². The van der Waals surface area contributed by atoms with E-state index in [2.05, 4.69) is 83.8 Å². The molecule has 4 heterocycles. The summed E-state index contributed by atoms with van der Waals surface area (Å²) in [7, 11) is 0. The first kappa shape index (κ1) is 30.8. The third-order valence-corrected chi connectivity index (χ3v) is 12.9. The largest absolute Gasteiger partial charge is 0.239 e. The van der Waals surface area contributed by atoms with Gasteiger partial charge in [-0.15, -0.1) is 46.2 Å². The Morgan fingerprint density at radius 1 is 0.684 bits per heavy atom. The highest BCUT2D eigenvalue weighted by Crippen LogP contribution is 2.50. The Kier molecular flexibility index (Phi) is 12.3. The lowest BCUT2D eigenvalue weighted by Crippen LogP contribution is -2.08. The minimum Gasteiger partial charge on any atom is -0.239 e. The minimum atomic E-state index is 0.728. The maximum Gasteiger partial charge on any atom is 0.107 e. The fourth-order valence-electron chi connectivity index (χ4n) is 4.72. The zero-order valence-electron chi connectivity index (χ0n) is 22.8. The van der Waals surface area contributed by atoms with Crippen LogP contribution in [-0.2, 0) is 0 Å². The van der Waals surface area contributed by atoms with E-state index >= 15 is 0 Å². The number of nitrogens with zero attached hydrogens (tertiary/aromatic N) is 2. The van der Waals surface area contributed by atoms with Gasteiger partial charge in [0.25, 0.3) is 0 Å². The number of aliphatic imine (C=N–C) groups is 2. The fraction of sp³-hybridized carbons (Fsp3) is 0.533. The van der Waals surface area contributed by atoms with Gasteiger partial charge in [-0.1, -0.05) is 66.2 Å². The topological polar surface area (TPSA) is 24.7 Å². The molecule has 0 fully saturated rings. The molecule has 0 spiro atoms. The van der Waals surface area contributed by atoms with Crippen LogP contribution in [0.5, 0.6) is 0 Å². The van der Waals surface area contributed by atoms with Crippen LogP contribution in [0, 0.1) is 11.8 Å². The van der Waals surface area contributed by atoms with Gasteiger partial charge in [-0.3, -0.25) is 0 Å². The molecule has 0 aromatic carbocycles. The van der Waals surface area contributed by atoms with Crippen molar-refractivity contribution in [1.82, 2.24) is 0 Å². The minimum absolute atomic E-state index is 0.728. The van der Waals surface area contributed by atoms with Crippen molar-refractivity contribution in [2.75, 3.05) is 11.5 Å². The van der Waals surface area contributed by atoms with Crippen molar-refractivity contribution in [3.05, 3.63) is 52.7 Å². The molecule has 2 aliphatic heterocycles. The van der Waals surface area contributed by atoms with Crippen molar-refractivity contribution in [1.29, 1.82) is 0 Å². The van der Waals surface area contributed by atoms with Crippen LogP contribution in [0.15, 0.2) is 53.0 Å². The molecule has 0 bridgehead atoms. The Labute approximate surface area is 262 Å². The van der Waals surface area contributed by atoms with Crippen molar-refractivity contribution >= 4 is 99.5 Å². The molecular formula is C30H38Br2N2S4. The maximum absolute atomic E-state index is 5.36. The first-order valence-electron chi connectivity index (χ1n) is 13.9. The average molecular weight is 715 g/mol. The van der Waals surface area contributed by atoms with Gasteiger partial charge in [-0.2, -0.15) is 0 Å². The van der Waals surface area contributed by atoms with E-state index in [9.17, 15) is 0 Å². The van der Waals surface area contributed by atoms with Crippen LogP contribution in [0.3, 0.4) is 0 Å². The number of unbranched alkanes of at least 4 members (excludes halogenated alkanes) is 2. The van der Waals surface area contributed by atoms with Gasteiger partial charge in [0.15, 0.2) is 0 Å². The standard InChI is InChI=1S/C30H38Br2N2S4/c1-5-9-11-19(7-3)17-35-29-25-26(28(33-29)22-14-16-24(32)38-22)30(36-18-20(8-4)12-10-6-2)34-27(25)21-13-15-23(31)37-21/h13-16,19-20H,5-12,17-18H2,1-4H3. The predicted molar refractivity (Wildman–Crippen MR) is 184 cm³/mol. The van der Waals surface area contributed by atoms with Crippen molar-refractivity contribution in [2.24, 2.45) is 21.8 Å². The summed E-state index contributed by atoms with van der Waals surface area (Å²) in [5.74, 6) is 3.69. The number of halogens is 2. The number of rotatable bonds is 14. The molecular weight excluding hydrogens is 676 g/mol. The molecule has 0 amide bonds. The lowest BCUT2D eigenvalue weighted by molar-refractivity contribution is 0.500. The smallest absolute Gasteiger partial charge is 0.107 e. The van der Waals surface area contributed by atoms with Crippen LogP contribution in [0.2, 0.25) is 0 Å². The van der Waals surface area contributed by atoms with Crippen molar-refractivity contribution in [3.8, 4) is 0 Å². The molecule has 0 N–H and O–H groups in total. The van der Waals surface area contributed by atoms with Crippen LogP contribution >= 0.6 is 78.1 Å². The van der Waals surface area contributed by atoms with E-state index in [4.69, 9.17) is 9.98 Å². The van der Waals surface area contributed by atoms with Crippen LogP contribution in [0.25, 0.3) is 11.4 Å². The monoisotopic (exact) mass is 712 g/mol. The molecule has 4 rings (SSSR count). The molecule has 206 valence electrons. The van der Waals surface area contributed by atoms with E-state index in [1.165, 1.54) is 72.3 Å². The highest BCUT2D eigenvalue weighted by Gasteiger charge is 2.37. The molecule has 2 unspecified atom stereocenters. The van der Waals surface area contributed by atoms with E-state index in [1.54, 1.807) is 22.7 Å². The number of thioether (sulfide) groups is 2. The van der Waals surface area contributed by atoms with Crippen molar-refractivity contribution in [3.63, 3.8) is 0 Å². The van der Waals surface area contributed by atoms with E-state index in [0.717, 1.165) is 52.4 Å². The maximum atomic E-state index is 5.36. The van der Waals surface area contributed by atoms with Crippen LogP contribution in [0.4, 0.5) is 0 Å². The quantitative estimate of drug-likeness (QED) is 0.195. The summed E-state index contributed by atoms with van der Waals surface area (Å²) in [6, 6.07) is 8.70. The van der Waals surface area contributed by atoms with Gasteiger partial charge in [0, 0.05) is 22.7 Å². The summed E-state index contributed by atoms with van der Waals surface area (Å²) >= 11 is 14.8. The Bertz CT molecular complexity index is 1130. The lowest BCUT2D eigenvalue weighted by atomic mass is 10.0. The summed E-state index contributed by atoms with van der Waals surface area (Å²) < 4.78 is 2.29. The first-order valence-corrected chi connectivity index (χ1v) is 19.1. The van der Waals surface area contributed by atoms with Gasteiger partial charge in [0.1, 0.15) is 10.1 Å². The summed E-state index contributed by atoms with van der Waals surface area (Å²) in [5, 5.41) is 2.32.